The van der Waals surface area contributed by atoms with E-state index in [0.717, 1.165) is 0 Å². The smallest absolute Gasteiger partial charge is 0.268 e. The summed E-state index contributed by atoms with van der Waals surface area (Å²) in [6.07, 6.45) is 0. The van der Waals surface area contributed by atoms with E-state index in [9.17, 15) is 12.8 Å². The third kappa shape index (κ3) is 3.67. The predicted molar refractivity (Wildman–Crippen MR) is 105 cm³/mol. The fourth-order valence-corrected chi connectivity index (χ4v) is 5.20. The summed E-state index contributed by atoms with van der Waals surface area (Å²) >= 11 is 1.23. The number of para-hydroxylation sites is 1. The second kappa shape index (κ2) is 7.17. The SMILES string of the molecule is Cc1sc(-c2nc(-c3cccc(F)c3)no2)cc1S(=O)(=O)Nc1ccccc1. The van der Waals surface area contributed by atoms with Crippen molar-refractivity contribution in [2.45, 2.75) is 11.8 Å². The van der Waals surface area contributed by atoms with Gasteiger partial charge in [0.1, 0.15) is 10.7 Å². The highest BCUT2D eigenvalue weighted by molar-refractivity contribution is 7.93. The Kier molecular flexibility index (Phi) is 4.70. The Balaban J connectivity index is 1.65. The minimum Gasteiger partial charge on any atom is -0.333 e. The van der Waals surface area contributed by atoms with E-state index in [0.29, 0.717) is 21.0 Å². The van der Waals surface area contributed by atoms with Gasteiger partial charge in [-0.05, 0) is 37.3 Å². The summed E-state index contributed by atoms with van der Waals surface area (Å²) in [6.45, 7) is 1.71. The molecule has 4 aromatic rings. The number of nitrogens with one attached hydrogen (secondary N) is 1. The number of rotatable bonds is 5. The molecule has 142 valence electrons. The van der Waals surface area contributed by atoms with E-state index in [1.165, 1.54) is 29.5 Å². The Morgan fingerprint density at radius 3 is 2.61 bits per heavy atom. The van der Waals surface area contributed by atoms with Gasteiger partial charge < -0.3 is 4.52 Å². The first-order chi connectivity index (χ1) is 13.4. The molecule has 4 rings (SSSR count). The number of halogens is 1. The van der Waals surface area contributed by atoms with Crippen molar-refractivity contribution in [2.75, 3.05) is 4.72 Å². The summed E-state index contributed by atoms with van der Waals surface area (Å²) in [5, 5.41) is 3.86. The predicted octanol–water partition coefficient (Wildman–Crippen LogP) is 4.71. The molecule has 6 nitrogen and oxygen atoms in total. The van der Waals surface area contributed by atoms with E-state index in [1.807, 2.05) is 0 Å². The minimum atomic E-state index is -3.76. The lowest BCUT2D eigenvalue weighted by molar-refractivity contribution is 0.433. The van der Waals surface area contributed by atoms with Crippen LogP contribution in [-0.2, 0) is 10.0 Å². The van der Waals surface area contributed by atoms with Crippen LogP contribution in [0.2, 0.25) is 0 Å². The number of benzene rings is 2. The molecule has 0 unspecified atom stereocenters. The monoisotopic (exact) mass is 415 g/mol. The van der Waals surface area contributed by atoms with E-state index in [-0.39, 0.29) is 16.6 Å². The standard InChI is InChI=1S/C19H14FN3O3S2/c1-12-17(28(24,25)23-15-8-3-2-4-9-15)11-16(27-12)19-21-18(22-26-19)13-6-5-7-14(20)10-13/h2-11,23H,1H3. The molecule has 2 aromatic heterocycles. The minimum absolute atomic E-state index is 0.141. The fraction of sp³-hybridized carbons (Fsp3) is 0.0526. The largest absolute Gasteiger partial charge is 0.333 e. The zero-order valence-electron chi connectivity index (χ0n) is 14.6. The summed E-state index contributed by atoms with van der Waals surface area (Å²) in [6, 6.07) is 16.0. The van der Waals surface area contributed by atoms with Crippen LogP contribution in [0.3, 0.4) is 0 Å². The number of sulfonamides is 1. The van der Waals surface area contributed by atoms with Gasteiger partial charge in [-0.25, -0.2) is 12.8 Å². The van der Waals surface area contributed by atoms with Gasteiger partial charge >= 0.3 is 0 Å². The Morgan fingerprint density at radius 1 is 1.07 bits per heavy atom. The van der Waals surface area contributed by atoms with E-state index >= 15 is 0 Å². The van der Waals surface area contributed by atoms with Crippen LogP contribution >= 0.6 is 11.3 Å². The summed E-state index contributed by atoms with van der Waals surface area (Å²) in [5.74, 6) is -0.00271. The topological polar surface area (TPSA) is 85.1 Å². The lowest BCUT2D eigenvalue weighted by Gasteiger charge is -2.06. The number of anilines is 1. The molecule has 0 saturated carbocycles. The second-order valence-corrected chi connectivity index (χ2v) is 8.84. The Morgan fingerprint density at radius 2 is 1.86 bits per heavy atom. The maximum atomic E-state index is 13.4. The van der Waals surface area contributed by atoms with Crippen molar-refractivity contribution < 1.29 is 17.3 Å². The van der Waals surface area contributed by atoms with Crippen molar-refractivity contribution >= 4 is 27.0 Å². The summed E-state index contributed by atoms with van der Waals surface area (Å²) < 4.78 is 46.6. The van der Waals surface area contributed by atoms with Gasteiger partial charge in [-0.3, -0.25) is 4.72 Å². The van der Waals surface area contributed by atoms with Gasteiger partial charge in [-0.1, -0.05) is 35.5 Å². The zero-order chi connectivity index (χ0) is 19.7. The first-order valence-electron chi connectivity index (χ1n) is 8.21. The molecule has 0 bridgehead atoms. The van der Waals surface area contributed by atoms with Gasteiger partial charge in [0, 0.05) is 16.1 Å². The maximum Gasteiger partial charge on any atom is 0.268 e. The average molecular weight is 415 g/mol. The van der Waals surface area contributed by atoms with Gasteiger partial charge in [0.05, 0.1) is 4.88 Å². The first kappa shape index (κ1) is 18.3. The Labute approximate surface area is 164 Å². The average Bonchev–Trinajstić information content (AvgIpc) is 3.29. The lowest BCUT2D eigenvalue weighted by atomic mass is 10.2. The van der Waals surface area contributed by atoms with E-state index < -0.39 is 15.8 Å². The molecule has 0 spiro atoms. The highest BCUT2D eigenvalue weighted by Crippen LogP contribution is 2.34. The molecule has 0 aliphatic heterocycles. The van der Waals surface area contributed by atoms with Crippen LogP contribution < -0.4 is 4.72 Å². The van der Waals surface area contributed by atoms with Crippen molar-refractivity contribution in [3.8, 4) is 22.2 Å². The molecule has 0 atom stereocenters. The molecule has 1 N–H and O–H groups in total. The van der Waals surface area contributed by atoms with Gasteiger partial charge in [0.25, 0.3) is 15.9 Å². The van der Waals surface area contributed by atoms with Crippen molar-refractivity contribution in [1.29, 1.82) is 0 Å². The second-order valence-electron chi connectivity index (χ2n) is 5.94. The molecule has 2 heterocycles. The molecular formula is C19H14FN3O3S2. The van der Waals surface area contributed by atoms with E-state index in [2.05, 4.69) is 14.9 Å². The number of thiophene rings is 1. The zero-order valence-corrected chi connectivity index (χ0v) is 16.2. The number of hydrogen-bond donors (Lipinski definition) is 1. The Hall–Kier alpha value is -3.04. The molecule has 0 amide bonds. The number of hydrogen-bond acceptors (Lipinski definition) is 6. The third-order valence-corrected chi connectivity index (χ3v) is 6.58. The first-order valence-corrected chi connectivity index (χ1v) is 10.5. The van der Waals surface area contributed by atoms with Crippen LogP contribution in [0.4, 0.5) is 10.1 Å². The van der Waals surface area contributed by atoms with E-state index in [1.54, 1.807) is 49.4 Å². The normalized spacial score (nSPS) is 11.5. The molecule has 0 radical (unpaired) electrons. The number of nitrogens with zero attached hydrogens (tertiary/aromatic N) is 2. The van der Waals surface area contributed by atoms with Gasteiger partial charge in [0.2, 0.25) is 5.82 Å². The van der Waals surface area contributed by atoms with Crippen LogP contribution in [0, 0.1) is 12.7 Å². The van der Waals surface area contributed by atoms with E-state index in [4.69, 9.17) is 4.52 Å². The fourth-order valence-electron chi connectivity index (χ4n) is 2.62. The summed E-state index contributed by atoms with van der Waals surface area (Å²) in [5.41, 5.74) is 0.947. The quantitative estimate of drug-likeness (QED) is 0.510. The molecule has 2 aromatic carbocycles. The summed E-state index contributed by atoms with van der Waals surface area (Å²) in [7, 11) is -3.76. The molecule has 9 heteroatoms. The van der Waals surface area contributed by atoms with Gasteiger partial charge in [-0.2, -0.15) is 4.98 Å². The lowest BCUT2D eigenvalue weighted by Crippen LogP contribution is -2.12. The van der Waals surface area contributed by atoms with Crippen LogP contribution in [0.1, 0.15) is 4.88 Å². The van der Waals surface area contributed by atoms with Crippen molar-refractivity contribution in [3.63, 3.8) is 0 Å². The highest BCUT2D eigenvalue weighted by Gasteiger charge is 2.23. The maximum absolute atomic E-state index is 13.4. The Bertz CT molecular complexity index is 1230. The van der Waals surface area contributed by atoms with Crippen LogP contribution in [0.25, 0.3) is 22.2 Å². The van der Waals surface area contributed by atoms with Crippen LogP contribution in [0.5, 0.6) is 0 Å². The van der Waals surface area contributed by atoms with Gasteiger partial charge in [0.15, 0.2) is 0 Å². The molecule has 28 heavy (non-hydrogen) atoms. The molecule has 0 aliphatic carbocycles. The summed E-state index contributed by atoms with van der Waals surface area (Å²) in [4.78, 5) is 5.51. The number of aromatic nitrogens is 2. The molecule has 0 fully saturated rings. The molecule has 0 aliphatic rings. The highest BCUT2D eigenvalue weighted by atomic mass is 32.2. The van der Waals surface area contributed by atoms with Crippen LogP contribution in [-0.4, -0.2) is 18.6 Å². The van der Waals surface area contributed by atoms with Gasteiger partial charge in [-0.15, -0.1) is 11.3 Å². The van der Waals surface area contributed by atoms with Crippen LogP contribution in [0.15, 0.2) is 70.1 Å². The van der Waals surface area contributed by atoms with Crippen molar-refractivity contribution in [3.05, 3.63) is 71.4 Å². The van der Waals surface area contributed by atoms with Crippen molar-refractivity contribution in [2.24, 2.45) is 0 Å². The molecular weight excluding hydrogens is 401 g/mol. The molecule has 0 saturated heterocycles. The van der Waals surface area contributed by atoms with Crippen molar-refractivity contribution in [1.82, 2.24) is 10.1 Å². The number of aryl methyl sites for hydroxylation is 1. The third-order valence-electron chi connectivity index (χ3n) is 3.91.